The number of rotatable bonds is 7. The number of nitrogens with one attached hydrogen (secondary N) is 1. The fourth-order valence-corrected chi connectivity index (χ4v) is 2.84. The van der Waals surface area contributed by atoms with Crippen LogP contribution < -0.4 is 10.2 Å². The summed E-state index contributed by atoms with van der Waals surface area (Å²) < 4.78 is 1.71. The van der Waals surface area contributed by atoms with Crippen LogP contribution >= 0.6 is 0 Å². The minimum absolute atomic E-state index is 0.0883. The van der Waals surface area contributed by atoms with Crippen molar-refractivity contribution in [3.8, 4) is 0 Å². The summed E-state index contributed by atoms with van der Waals surface area (Å²) in [5, 5.41) is 7.16. The van der Waals surface area contributed by atoms with E-state index in [1.807, 2.05) is 49.5 Å². The van der Waals surface area contributed by atoms with E-state index < -0.39 is 0 Å². The highest BCUT2D eigenvalue weighted by molar-refractivity contribution is 5.95. The van der Waals surface area contributed by atoms with Gasteiger partial charge in [0.15, 0.2) is 0 Å². The third-order valence-corrected chi connectivity index (χ3v) is 4.38. The summed E-state index contributed by atoms with van der Waals surface area (Å²) in [7, 11) is 2.05. The Bertz CT molecular complexity index is 860. The highest BCUT2D eigenvalue weighted by Crippen LogP contribution is 2.19. The Morgan fingerprint density at radius 3 is 2.58 bits per heavy atom. The van der Waals surface area contributed by atoms with Gasteiger partial charge in [0.2, 0.25) is 0 Å². The van der Waals surface area contributed by atoms with Gasteiger partial charge in [0, 0.05) is 31.4 Å². The van der Waals surface area contributed by atoms with Gasteiger partial charge in [-0.2, -0.15) is 5.10 Å². The average Bonchev–Trinajstić information content (AvgIpc) is 3.19. The van der Waals surface area contributed by atoms with E-state index in [1.165, 1.54) is 6.33 Å². The smallest absolute Gasteiger partial charge is 0.251 e. The first-order valence-corrected chi connectivity index (χ1v) is 8.66. The van der Waals surface area contributed by atoms with Crippen molar-refractivity contribution in [2.24, 2.45) is 0 Å². The largest absolute Gasteiger partial charge is 0.375 e. The van der Waals surface area contributed by atoms with Crippen LogP contribution in [0.5, 0.6) is 0 Å². The van der Waals surface area contributed by atoms with Crippen molar-refractivity contribution in [2.45, 2.75) is 20.0 Å². The molecule has 134 valence electrons. The van der Waals surface area contributed by atoms with E-state index in [2.05, 4.69) is 33.3 Å². The summed E-state index contributed by atoms with van der Waals surface area (Å²) in [5.74, 6) is -0.0883. The highest BCUT2D eigenvalue weighted by atomic mass is 16.1. The number of carbonyl (C=O) groups excluding carboxylic acids is 1. The lowest BCUT2D eigenvalue weighted by Crippen LogP contribution is -2.26. The zero-order chi connectivity index (χ0) is 18.4. The van der Waals surface area contributed by atoms with Gasteiger partial charge >= 0.3 is 0 Å². The topological polar surface area (TPSA) is 63.1 Å². The summed E-state index contributed by atoms with van der Waals surface area (Å²) in [5.41, 5.74) is 3.80. The molecule has 3 rings (SSSR count). The van der Waals surface area contributed by atoms with E-state index in [0.717, 1.165) is 23.4 Å². The third kappa shape index (κ3) is 4.08. The molecule has 0 fully saturated rings. The average molecular weight is 349 g/mol. The molecule has 0 aliphatic carbocycles. The fourth-order valence-electron chi connectivity index (χ4n) is 2.84. The van der Waals surface area contributed by atoms with Gasteiger partial charge in [0.05, 0.1) is 6.54 Å². The Morgan fingerprint density at radius 2 is 1.85 bits per heavy atom. The van der Waals surface area contributed by atoms with Crippen molar-refractivity contribution in [2.75, 3.05) is 18.5 Å². The molecule has 0 saturated carbocycles. The molecule has 0 unspecified atom stereocenters. The molecule has 6 nitrogen and oxygen atoms in total. The van der Waals surface area contributed by atoms with Gasteiger partial charge in [-0.05, 0) is 30.2 Å². The van der Waals surface area contributed by atoms with Crippen molar-refractivity contribution in [3.63, 3.8) is 0 Å². The van der Waals surface area contributed by atoms with E-state index in [0.29, 0.717) is 18.7 Å². The first-order valence-electron chi connectivity index (χ1n) is 8.66. The molecule has 0 atom stereocenters. The molecule has 1 N–H and O–H groups in total. The first kappa shape index (κ1) is 17.7. The van der Waals surface area contributed by atoms with Crippen LogP contribution in [0, 0.1) is 0 Å². The van der Waals surface area contributed by atoms with Gasteiger partial charge < -0.3 is 10.2 Å². The molecule has 26 heavy (non-hydrogen) atoms. The van der Waals surface area contributed by atoms with Crippen LogP contribution in [0.2, 0.25) is 0 Å². The number of aromatic nitrogens is 3. The Labute approximate surface area is 153 Å². The molecule has 0 spiro atoms. The summed E-state index contributed by atoms with van der Waals surface area (Å²) in [4.78, 5) is 18.9. The number of nitrogens with zero attached hydrogens (tertiary/aromatic N) is 4. The lowest BCUT2D eigenvalue weighted by Gasteiger charge is -2.21. The quantitative estimate of drug-likeness (QED) is 0.712. The van der Waals surface area contributed by atoms with E-state index in [9.17, 15) is 4.79 Å². The van der Waals surface area contributed by atoms with Crippen LogP contribution in [0.4, 0.5) is 5.69 Å². The van der Waals surface area contributed by atoms with Gasteiger partial charge in [-0.1, -0.05) is 36.4 Å². The minimum Gasteiger partial charge on any atom is -0.375 e. The van der Waals surface area contributed by atoms with Gasteiger partial charge in [0.1, 0.15) is 12.7 Å². The van der Waals surface area contributed by atoms with Crippen molar-refractivity contribution in [3.05, 3.63) is 77.9 Å². The normalized spacial score (nSPS) is 10.5. The second kappa shape index (κ2) is 8.29. The standard InChI is InChI=1S/C20H23N5O/c1-3-24(2)19-11-7-5-8-16(19)12-22-20(26)18-10-6-4-9-17(18)13-25-15-21-14-23-25/h4-11,14-15H,3,12-13H2,1-2H3,(H,22,26). The molecule has 0 saturated heterocycles. The summed E-state index contributed by atoms with van der Waals surface area (Å²) in [6, 6.07) is 15.7. The number of hydrogen-bond acceptors (Lipinski definition) is 4. The molecule has 1 heterocycles. The van der Waals surface area contributed by atoms with Crippen molar-refractivity contribution < 1.29 is 4.79 Å². The summed E-state index contributed by atoms with van der Waals surface area (Å²) in [6.45, 7) is 4.01. The maximum atomic E-state index is 12.7. The number of para-hydroxylation sites is 1. The Morgan fingerprint density at radius 1 is 1.12 bits per heavy atom. The zero-order valence-electron chi connectivity index (χ0n) is 15.1. The molecule has 3 aromatic rings. The first-order chi connectivity index (χ1) is 12.7. The van der Waals surface area contributed by atoms with Crippen LogP contribution in [0.15, 0.2) is 61.2 Å². The highest BCUT2D eigenvalue weighted by Gasteiger charge is 2.13. The van der Waals surface area contributed by atoms with Crippen molar-refractivity contribution in [1.29, 1.82) is 0 Å². The second-order valence-corrected chi connectivity index (χ2v) is 6.08. The summed E-state index contributed by atoms with van der Waals surface area (Å²) >= 11 is 0. The zero-order valence-corrected chi connectivity index (χ0v) is 15.1. The van der Waals surface area contributed by atoms with E-state index in [4.69, 9.17) is 0 Å². The number of hydrogen-bond donors (Lipinski definition) is 1. The third-order valence-electron chi connectivity index (χ3n) is 4.38. The number of anilines is 1. The van der Waals surface area contributed by atoms with E-state index in [-0.39, 0.29) is 5.91 Å². The monoisotopic (exact) mass is 349 g/mol. The predicted molar refractivity (Wildman–Crippen MR) is 102 cm³/mol. The molecule has 0 aliphatic heterocycles. The molecular weight excluding hydrogens is 326 g/mol. The number of benzene rings is 2. The predicted octanol–water partition coefficient (Wildman–Crippen LogP) is 2.71. The van der Waals surface area contributed by atoms with Crippen molar-refractivity contribution >= 4 is 11.6 Å². The minimum atomic E-state index is -0.0883. The molecule has 1 aromatic heterocycles. The Kier molecular flexibility index (Phi) is 5.63. The van der Waals surface area contributed by atoms with Crippen LogP contribution in [-0.4, -0.2) is 34.3 Å². The molecule has 1 amide bonds. The maximum Gasteiger partial charge on any atom is 0.251 e. The van der Waals surface area contributed by atoms with Crippen LogP contribution in [-0.2, 0) is 13.1 Å². The molecule has 0 radical (unpaired) electrons. The van der Waals surface area contributed by atoms with Gasteiger partial charge in [0.25, 0.3) is 5.91 Å². The Balaban J connectivity index is 1.74. The Hall–Kier alpha value is -3.15. The number of amides is 1. The van der Waals surface area contributed by atoms with Crippen LogP contribution in [0.25, 0.3) is 0 Å². The van der Waals surface area contributed by atoms with Crippen molar-refractivity contribution in [1.82, 2.24) is 20.1 Å². The SMILES string of the molecule is CCN(C)c1ccccc1CNC(=O)c1ccccc1Cn1cncn1. The molecule has 0 aliphatic rings. The molecule has 6 heteroatoms. The molecule has 2 aromatic carbocycles. The maximum absolute atomic E-state index is 12.7. The van der Waals surface area contributed by atoms with E-state index in [1.54, 1.807) is 11.0 Å². The summed E-state index contributed by atoms with van der Waals surface area (Å²) in [6.07, 6.45) is 3.13. The van der Waals surface area contributed by atoms with Gasteiger partial charge in [-0.15, -0.1) is 0 Å². The van der Waals surface area contributed by atoms with Crippen LogP contribution in [0.3, 0.4) is 0 Å². The number of carbonyl (C=O) groups is 1. The molecular formula is C20H23N5O. The lowest BCUT2D eigenvalue weighted by atomic mass is 10.1. The van der Waals surface area contributed by atoms with Crippen LogP contribution in [0.1, 0.15) is 28.4 Å². The van der Waals surface area contributed by atoms with Gasteiger partial charge in [-0.25, -0.2) is 9.67 Å². The van der Waals surface area contributed by atoms with Gasteiger partial charge in [-0.3, -0.25) is 4.79 Å². The lowest BCUT2D eigenvalue weighted by molar-refractivity contribution is 0.0950. The fraction of sp³-hybridized carbons (Fsp3) is 0.250. The molecule has 0 bridgehead atoms. The second-order valence-electron chi connectivity index (χ2n) is 6.08. The van der Waals surface area contributed by atoms with E-state index >= 15 is 0 Å².